The van der Waals surface area contributed by atoms with Crippen LogP contribution in [0.5, 0.6) is 0 Å². The Hall–Kier alpha value is -3.44. The number of ether oxygens (including phenoxy) is 3. The summed E-state index contributed by atoms with van der Waals surface area (Å²) >= 11 is 0.184. The molecule has 0 radical (unpaired) electrons. The number of carbonyl (C=O) groups excluding carboxylic acids is 3. The minimum atomic E-state index is -5.51. The predicted molar refractivity (Wildman–Crippen MR) is 228 cm³/mol. The van der Waals surface area contributed by atoms with Gasteiger partial charge in [-0.25, -0.2) is 27.1 Å². The van der Waals surface area contributed by atoms with Crippen LogP contribution in [0.1, 0.15) is 70.4 Å². The van der Waals surface area contributed by atoms with Gasteiger partial charge in [-0.2, -0.15) is 15.7 Å². The Bertz CT molecular complexity index is 2270. The van der Waals surface area contributed by atoms with Crippen molar-refractivity contribution in [2.24, 2.45) is 28.6 Å². The number of benzene rings is 2. The number of rotatable bonds is 16. The van der Waals surface area contributed by atoms with E-state index in [1.54, 1.807) is 26.1 Å². The molecule has 0 aromatic heterocycles. The first-order valence-electron chi connectivity index (χ1n) is 20.7. The summed E-state index contributed by atoms with van der Waals surface area (Å²) in [6.45, 7) is 4.36. The van der Waals surface area contributed by atoms with Gasteiger partial charge in [0.15, 0.2) is 18.2 Å². The fourth-order valence-electron chi connectivity index (χ4n) is 11.0. The summed E-state index contributed by atoms with van der Waals surface area (Å²) in [5, 5.41) is 3.92. The number of thiol groups is 1. The van der Waals surface area contributed by atoms with E-state index in [-0.39, 0.29) is 61.7 Å². The minimum Gasteiger partial charge on any atom is -0.453 e. The first-order chi connectivity index (χ1) is 29.8. The Morgan fingerprint density at radius 2 is 1.65 bits per heavy atom. The molecular weight excluding hydrogens is 889 g/mol. The molecule has 0 bridgehead atoms. The van der Waals surface area contributed by atoms with Crippen molar-refractivity contribution in [3.63, 3.8) is 0 Å². The van der Waals surface area contributed by atoms with E-state index in [1.807, 2.05) is 48.5 Å². The second-order valence-electron chi connectivity index (χ2n) is 17.0. The zero-order valence-corrected chi connectivity index (χ0v) is 37.8. The number of phosphoric acid groups is 2. The van der Waals surface area contributed by atoms with Crippen LogP contribution >= 0.6 is 27.0 Å². The van der Waals surface area contributed by atoms with Crippen molar-refractivity contribution in [3.8, 4) is 11.1 Å². The largest absolute Gasteiger partial charge is 0.483 e. The lowest BCUT2D eigenvalue weighted by Crippen LogP contribution is -2.70. The van der Waals surface area contributed by atoms with Gasteiger partial charge in [0.25, 0.3) is 0 Å². The highest BCUT2D eigenvalue weighted by atomic mass is 32.1. The standard InChI is InChI=1S/C43H52F3NO13P2S/c1-5-38(49)59-42(23-63-24-44)26(2)18-33-34-20-36(45)35-19-27(48)14-15-40(35,3)43(34,46)37(21-41(33,42)4)56-25-58-62(53,54)60-61(51,52)57-17-16-47-39(50)55-22-32-30-12-8-6-10-28(30)29-11-7-9-13-31(29)32/h6-15,19,23,26,32-34,36-37,63H,5,16-18,20-22,24-25H2,1-4H3,(H,47,50)(H,51,52)(H,53,54)/t26-,33+,34+,36+,37+,40+,41+,42-,43+/m1/s1. The fraction of sp³-hybridized carbons (Fsp3) is 0.535. The number of halogens is 3. The lowest BCUT2D eigenvalue weighted by Gasteiger charge is -2.64. The number of hydrogen-bond acceptors (Lipinski definition) is 11. The van der Waals surface area contributed by atoms with Crippen LogP contribution in [-0.4, -0.2) is 89.1 Å². The second kappa shape index (κ2) is 18.1. The van der Waals surface area contributed by atoms with E-state index < -0.39 is 105 Å². The molecule has 1 amide bonds. The number of nitrogens with one attached hydrogen (secondary N) is 1. The number of ketones is 1. The van der Waals surface area contributed by atoms with Gasteiger partial charge >= 0.3 is 27.7 Å². The van der Waals surface area contributed by atoms with Crippen molar-refractivity contribution >= 4 is 50.2 Å². The van der Waals surface area contributed by atoms with E-state index in [2.05, 4.69) is 9.63 Å². The van der Waals surface area contributed by atoms with Gasteiger partial charge in [0.1, 0.15) is 24.4 Å². The molecule has 3 saturated carbocycles. The van der Waals surface area contributed by atoms with Crippen LogP contribution in [0.2, 0.25) is 0 Å². The number of allylic oxidation sites excluding steroid dienone is 4. The van der Waals surface area contributed by atoms with Crippen LogP contribution in [0.4, 0.5) is 18.0 Å². The van der Waals surface area contributed by atoms with Crippen LogP contribution in [0.15, 0.2) is 72.3 Å². The smallest absolute Gasteiger partial charge is 0.453 e. The zero-order valence-electron chi connectivity index (χ0n) is 35.1. The Kier molecular flexibility index (Phi) is 13.6. The number of hydrogen-bond donors (Lipinski definition) is 4. The van der Waals surface area contributed by atoms with Crippen molar-refractivity contribution in [1.29, 1.82) is 0 Å². The van der Waals surface area contributed by atoms with E-state index in [1.165, 1.54) is 13.0 Å². The molecule has 11 atom stereocenters. The van der Waals surface area contributed by atoms with Crippen molar-refractivity contribution < 1.29 is 74.0 Å². The highest BCUT2D eigenvalue weighted by molar-refractivity contribution is 7.97. The van der Waals surface area contributed by atoms with E-state index in [4.69, 9.17) is 23.3 Å². The van der Waals surface area contributed by atoms with Gasteiger partial charge in [-0.1, -0.05) is 75.4 Å². The average Bonchev–Trinajstić information content (AvgIpc) is 3.66. The molecule has 5 aliphatic rings. The molecule has 0 heterocycles. The summed E-state index contributed by atoms with van der Waals surface area (Å²) in [6, 6.07) is 14.7. The van der Waals surface area contributed by atoms with Crippen LogP contribution < -0.4 is 5.32 Å². The van der Waals surface area contributed by atoms with Gasteiger partial charge < -0.3 is 29.3 Å². The molecule has 7 rings (SSSR count). The summed E-state index contributed by atoms with van der Waals surface area (Å²) in [5.74, 6) is -3.60. The van der Waals surface area contributed by atoms with E-state index >= 15 is 8.78 Å². The van der Waals surface area contributed by atoms with Gasteiger partial charge in [0.05, 0.1) is 12.7 Å². The van der Waals surface area contributed by atoms with Gasteiger partial charge in [-0.15, -0.1) is 0 Å². The predicted octanol–water partition coefficient (Wildman–Crippen LogP) is 8.21. The molecule has 2 unspecified atom stereocenters. The summed E-state index contributed by atoms with van der Waals surface area (Å²) in [7, 11) is -10.9. The third-order valence-electron chi connectivity index (χ3n) is 13.8. The molecule has 14 nitrogen and oxygen atoms in total. The summed E-state index contributed by atoms with van der Waals surface area (Å²) in [4.78, 5) is 58.8. The van der Waals surface area contributed by atoms with Crippen LogP contribution in [-0.2, 0) is 46.3 Å². The first kappa shape index (κ1) is 47.5. The number of amides is 1. The van der Waals surface area contributed by atoms with E-state index in [0.29, 0.717) is 0 Å². The molecule has 2 aromatic rings. The van der Waals surface area contributed by atoms with Crippen LogP contribution in [0.25, 0.3) is 11.1 Å². The van der Waals surface area contributed by atoms with Gasteiger partial charge in [-0.05, 0) is 77.5 Å². The quantitative estimate of drug-likeness (QED) is 0.0315. The van der Waals surface area contributed by atoms with E-state index in [0.717, 1.165) is 34.4 Å². The molecule has 3 N–H and O–H groups in total. The van der Waals surface area contributed by atoms with Crippen LogP contribution in [0.3, 0.4) is 0 Å². The van der Waals surface area contributed by atoms with Crippen molar-refractivity contribution in [2.75, 3.05) is 32.6 Å². The lowest BCUT2D eigenvalue weighted by molar-refractivity contribution is -0.243. The molecule has 2 aromatic carbocycles. The molecule has 63 heavy (non-hydrogen) atoms. The minimum absolute atomic E-state index is 0.00765. The molecule has 0 saturated heterocycles. The van der Waals surface area contributed by atoms with Crippen molar-refractivity contribution in [1.82, 2.24) is 5.32 Å². The Morgan fingerprint density at radius 1 is 1.00 bits per heavy atom. The maximum absolute atomic E-state index is 18.6. The number of carbonyl (C=O) groups is 3. The Labute approximate surface area is 367 Å². The van der Waals surface area contributed by atoms with Gasteiger partial charge in [-0.3, -0.25) is 18.6 Å². The van der Waals surface area contributed by atoms with E-state index in [9.17, 15) is 37.7 Å². The number of esters is 1. The summed E-state index contributed by atoms with van der Waals surface area (Å²) in [6.07, 6.45) is -1.08. The third kappa shape index (κ3) is 8.60. The first-order valence-corrected chi connectivity index (χ1v) is 24.8. The summed E-state index contributed by atoms with van der Waals surface area (Å²) in [5.41, 5.74) is -2.94. The monoisotopic (exact) mass is 941 g/mol. The SMILES string of the molecule is CCC(=O)O[C@]1(C=[SH]CF)[C@H](C)C[C@H]2[C@@H]3C[C@H](F)C4=CC(=O)C=C[C@]4(C)[C@@]3(F)[C@@H](OCOP(=O)(O)OP(=O)(O)OCCNC(=O)OCC3c4ccccc4-c4ccccc43)C[C@@]21C. The molecule has 0 aliphatic heterocycles. The molecule has 0 spiro atoms. The maximum Gasteiger partial charge on any atom is 0.483 e. The van der Waals surface area contributed by atoms with Gasteiger partial charge in [0, 0.05) is 41.5 Å². The van der Waals surface area contributed by atoms with Gasteiger partial charge in [0.2, 0.25) is 0 Å². The molecule has 3 fully saturated rings. The second-order valence-corrected chi connectivity index (χ2v) is 20.9. The average molecular weight is 942 g/mol. The highest BCUT2D eigenvalue weighted by Crippen LogP contribution is 2.72. The highest BCUT2D eigenvalue weighted by Gasteiger charge is 2.76. The Balaban J connectivity index is 1.00. The molecule has 5 aliphatic carbocycles. The third-order valence-corrected chi connectivity index (χ3v) is 17.1. The number of phosphoric ester groups is 2. The number of fused-ring (bicyclic) bond motifs is 8. The number of alkyl carbamates (subject to hydrolysis) is 1. The molecule has 344 valence electrons. The maximum atomic E-state index is 18.6. The fourth-order valence-corrected chi connectivity index (χ4v) is 13.8. The van der Waals surface area contributed by atoms with Crippen molar-refractivity contribution in [3.05, 3.63) is 83.5 Å². The topological polar surface area (TPSA) is 193 Å². The van der Waals surface area contributed by atoms with Crippen LogP contribution in [0, 0.1) is 28.6 Å². The Morgan fingerprint density at radius 3 is 2.30 bits per heavy atom. The molecular formula is C43H52F3NO13P2S. The zero-order chi connectivity index (χ0) is 45.6. The summed E-state index contributed by atoms with van der Waals surface area (Å²) < 4.78 is 106. The molecule has 20 heteroatoms. The normalized spacial score (nSPS) is 34.0. The number of alkyl halides is 3. The van der Waals surface area contributed by atoms with Crippen molar-refractivity contribution in [2.45, 2.75) is 82.8 Å². The lowest BCUT2D eigenvalue weighted by atomic mass is 9.44.